The number of hydrogen-bond donors (Lipinski definition) is 1. The molecule has 0 aromatic heterocycles. The number of nitrogens with one attached hydrogen (secondary N) is 1. The van der Waals surface area contributed by atoms with Crippen LogP contribution in [0.3, 0.4) is 0 Å². The standard InChI is InChI=1S/C13H20N2O3S/c1-4-15(11-8-14-9-11)19(16,17)13-7-10(2)5-6-12(13)18-3/h5-7,11,14H,4,8-9H2,1-3H3. The van der Waals surface area contributed by atoms with E-state index in [-0.39, 0.29) is 10.9 Å². The van der Waals surface area contributed by atoms with Gasteiger partial charge < -0.3 is 10.1 Å². The van der Waals surface area contributed by atoms with Crippen molar-refractivity contribution in [3.63, 3.8) is 0 Å². The van der Waals surface area contributed by atoms with Gasteiger partial charge in [0, 0.05) is 19.6 Å². The lowest BCUT2D eigenvalue weighted by atomic mass is 10.2. The van der Waals surface area contributed by atoms with Crippen molar-refractivity contribution in [3.05, 3.63) is 23.8 Å². The van der Waals surface area contributed by atoms with Gasteiger partial charge in [0.1, 0.15) is 10.6 Å². The average molecular weight is 284 g/mol. The minimum absolute atomic E-state index is 0.0419. The Morgan fingerprint density at radius 1 is 1.42 bits per heavy atom. The smallest absolute Gasteiger partial charge is 0.247 e. The molecular formula is C13H20N2O3S. The highest BCUT2D eigenvalue weighted by Crippen LogP contribution is 2.29. The number of aryl methyl sites for hydroxylation is 1. The molecule has 1 heterocycles. The summed E-state index contributed by atoms with van der Waals surface area (Å²) in [6.45, 7) is 5.62. The minimum atomic E-state index is -3.51. The van der Waals surface area contributed by atoms with Crippen molar-refractivity contribution >= 4 is 10.0 Å². The fraction of sp³-hybridized carbons (Fsp3) is 0.538. The van der Waals surface area contributed by atoms with Crippen LogP contribution in [0.1, 0.15) is 12.5 Å². The molecule has 0 bridgehead atoms. The molecule has 0 saturated carbocycles. The van der Waals surface area contributed by atoms with Crippen LogP contribution < -0.4 is 10.1 Å². The van der Waals surface area contributed by atoms with E-state index in [9.17, 15) is 8.42 Å². The Bertz CT molecular complexity index is 553. The molecule has 0 amide bonds. The van der Waals surface area contributed by atoms with Crippen LogP contribution in [0, 0.1) is 6.92 Å². The second-order valence-electron chi connectivity index (χ2n) is 4.67. The van der Waals surface area contributed by atoms with E-state index in [1.54, 1.807) is 16.4 Å². The van der Waals surface area contributed by atoms with Crippen LogP contribution in [0.25, 0.3) is 0 Å². The van der Waals surface area contributed by atoms with Gasteiger partial charge in [0.2, 0.25) is 10.0 Å². The number of methoxy groups -OCH3 is 1. The lowest BCUT2D eigenvalue weighted by Gasteiger charge is -2.36. The van der Waals surface area contributed by atoms with Crippen molar-refractivity contribution < 1.29 is 13.2 Å². The summed E-state index contributed by atoms with van der Waals surface area (Å²) in [5.74, 6) is 0.399. The second kappa shape index (κ2) is 5.48. The van der Waals surface area contributed by atoms with Gasteiger partial charge in [-0.25, -0.2) is 8.42 Å². The third-order valence-corrected chi connectivity index (χ3v) is 5.43. The van der Waals surface area contributed by atoms with Gasteiger partial charge >= 0.3 is 0 Å². The van der Waals surface area contributed by atoms with E-state index in [4.69, 9.17) is 4.74 Å². The summed E-state index contributed by atoms with van der Waals surface area (Å²) in [7, 11) is -2.02. The van der Waals surface area contributed by atoms with Crippen molar-refractivity contribution in [3.8, 4) is 5.75 Å². The molecule has 1 aliphatic heterocycles. The predicted molar refractivity (Wildman–Crippen MR) is 74.0 cm³/mol. The molecule has 0 radical (unpaired) electrons. The molecule has 0 atom stereocenters. The summed E-state index contributed by atoms with van der Waals surface area (Å²) >= 11 is 0. The quantitative estimate of drug-likeness (QED) is 0.876. The Morgan fingerprint density at radius 3 is 2.58 bits per heavy atom. The Morgan fingerprint density at radius 2 is 2.11 bits per heavy atom. The molecule has 1 aliphatic rings. The molecule has 6 heteroatoms. The molecule has 1 N–H and O–H groups in total. The first kappa shape index (κ1) is 14.3. The lowest BCUT2D eigenvalue weighted by Crippen LogP contribution is -2.58. The average Bonchev–Trinajstić information content (AvgIpc) is 2.33. The van der Waals surface area contributed by atoms with E-state index < -0.39 is 10.0 Å². The van der Waals surface area contributed by atoms with Gasteiger partial charge in [0.05, 0.1) is 13.2 Å². The molecule has 1 fully saturated rings. The maximum atomic E-state index is 12.7. The molecule has 0 unspecified atom stereocenters. The fourth-order valence-corrected chi connectivity index (χ4v) is 4.09. The highest BCUT2D eigenvalue weighted by Gasteiger charge is 2.35. The number of rotatable bonds is 5. The summed E-state index contributed by atoms with van der Waals surface area (Å²) < 4.78 is 32.2. The molecule has 0 spiro atoms. The van der Waals surface area contributed by atoms with Gasteiger partial charge in [-0.05, 0) is 24.6 Å². The molecule has 2 rings (SSSR count). The lowest BCUT2D eigenvalue weighted by molar-refractivity contribution is 0.249. The monoisotopic (exact) mass is 284 g/mol. The van der Waals surface area contributed by atoms with E-state index in [0.29, 0.717) is 25.4 Å². The first-order chi connectivity index (χ1) is 9.00. The second-order valence-corrected chi connectivity index (χ2v) is 6.53. The first-order valence-electron chi connectivity index (χ1n) is 6.38. The highest BCUT2D eigenvalue weighted by molar-refractivity contribution is 7.89. The number of likely N-dealkylation sites (N-methyl/N-ethyl adjacent to an activating group) is 1. The normalized spacial score (nSPS) is 16.4. The van der Waals surface area contributed by atoms with E-state index in [1.165, 1.54) is 7.11 Å². The van der Waals surface area contributed by atoms with Gasteiger partial charge in [-0.1, -0.05) is 13.0 Å². The van der Waals surface area contributed by atoms with Crippen molar-refractivity contribution in [2.24, 2.45) is 0 Å². The number of sulfonamides is 1. The molecule has 1 aromatic carbocycles. The molecular weight excluding hydrogens is 264 g/mol. The maximum Gasteiger partial charge on any atom is 0.247 e. The third-order valence-electron chi connectivity index (χ3n) is 3.38. The molecule has 1 aromatic rings. The van der Waals surface area contributed by atoms with Gasteiger partial charge in [0.15, 0.2) is 0 Å². The number of nitrogens with zero attached hydrogens (tertiary/aromatic N) is 1. The van der Waals surface area contributed by atoms with Gasteiger partial charge in [-0.3, -0.25) is 0 Å². The number of ether oxygens (including phenoxy) is 1. The van der Waals surface area contributed by atoms with Crippen molar-refractivity contribution in [2.75, 3.05) is 26.7 Å². The zero-order valence-electron chi connectivity index (χ0n) is 11.5. The largest absolute Gasteiger partial charge is 0.495 e. The van der Waals surface area contributed by atoms with Crippen LogP contribution in [0.15, 0.2) is 23.1 Å². The molecule has 106 valence electrons. The Hall–Kier alpha value is -1.11. The Balaban J connectivity index is 2.45. The SMILES string of the molecule is CCN(C1CNC1)S(=O)(=O)c1cc(C)ccc1OC. The van der Waals surface area contributed by atoms with Gasteiger partial charge in [-0.2, -0.15) is 4.31 Å². The fourth-order valence-electron chi connectivity index (χ4n) is 2.21. The van der Waals surface area contributed by atoms with Crippen LogP contribution >= 0.6 is 0 Å². The van der Waals surface area contributed by atoms with Crippen molar-refractivity contribution in [1.82, 2.24) is 9.62 Å². The summed E-state index contributed by atoms with van der Waals surface area (Å²) in [5, 5.41) is 3.10. The molecule has 0 aliphatic carbocycles. The van der Waals surface area contributed by atoms with Crippen LogP contribution in [0.4, 0.5) is 0 Å². The summed E-state index contributed by atoms with van der Waals surface area (Å²) in [6, 6.07) is 5.26. The Labute approximate surface area is 114 Å². The zero-order chi connectivity index (χ0) is 14.0. The third kappa shape index (κ3) is 2.61. The van der Waals surface area contributed by atoms with Crippen LogP contribution in [0.2, 0.25) is 0 Å². The van der Waals surface area contributed by atoms with E-state index >= 15 is 0 Å². The highest BCUT2D eigenvalue weighted by atomic mass is 32.2. The summed E-state index contributed by atoms with van der Waals surface area (Å²) in [6.07, 6.45) is 0. The molecule has 19 heavy (non-hydrogen) atoms. The van der Waals surface area contributed by atoms with Gasteiger partial charge in [-0.15, -0.1) is 0 Å². The summed E-state index contributed by atoms with van der Waals surface area (Å²) in [4.78, 5) is 0.253. The Kier molecular flexibility index (Phi) is 4.13. The van der Waals surface area contributed by atoms with Crippen LogP contribution in [-0.2, 0) is 10.0 Å². The molecule has 1 saturated heterocycles. The predicted octanol–water partition coefficient (Wildman–Crippen LogP) is 0.986. The van der Waals surface area contributed by atoms with E-state index in [2.05, 4.69) is 5.32 Å². The van der Waals surface area contributed by atoms with Gasteiger partial charge in [0.25, 0.3) is 0 Å². The number of benzene rings is 1. The van der Waals surface area contributed by atoms with Crippen molar-refractivity contribution in [2.45, 2.75) is 24.8 Å². The molecule has 5 nitrogen and oxygen atoms in total. The zero-order valence-corrected chi connectivity index (χ0v) is 12.3. The van der Waals surface area contributed by atoms with E-state index in [1.807, 2.05) is 19.9 Å². The number of hydrogen-bond acceptors (Lipinski definition) is 4. The first-order valence-corrected chi connectivity index (χ1v) is 7.82. The topological polar surface area (TPSA) is 58.6 Å². The van der Waals surface area contributed by atoms with Crippen LogP contribution in [0.5, 0.6) is 5.75 Å². The minimum Gasteiger partial charge on any atom is -0.495 e. The van der Waals surface area contributed by atoms with Crippen molar-refractivity contribution in [1.29, 1.82) is 0 Å². The van der Waals surface area contributed by atoms with E-state index in [0.717, 1.165) is 5.56 Å². The summed E-state index contributed by atoms with van der Waals surface area (Å²) in [5.41, 5.74) is 0.905. The maximum absolute atomic E-state index is 12.7. The van der Waals surface area contributed by atoms with Crippen LogP contribution in [-0.4, -0.2) is 45.5 Å².